The van der Waals surface area contributed by atoms with E-state index in [1.165, 1.54) is 23.1 Å². The second kappa shape index (κ2) is 11.0. The zero-order valence-electron chi connectivity index (χ0n) is 23.8. The Morgan fingerprint density at radius 2 is 1.86 bits per heavy atom. The van der Waals surface area contributed by atoms with Crippen molar-refractivity contribution in [3.8, 4) is 5.75 Å². The van der Waals surface area contributed by atoms with Crippen LogP contribution in [0.1, 0.15) is 57.1 Å². The van der Waals surface area contributed by atoms with Crippen molar-refractivity contribution in [3.05, 3.63) is 53.1 Å². The number of hydrogen-bond donors (Lipinski definition) is 1. The van der Waals surface area contributed by atoms with Crippen LogP contribution in [0, 0.1) is 5.82 Å². The number of aromatic nitrogens is 2. The molecule has 0 radical (unpaired) electrons. The maximum atomic E-state index is 15.6. The average Bonchev–Trinajstić information content (AvgIpc) is 2.91. The molecule has 2 aromatic carbocycles. The normalized spacial score (nSPS) is 19.2. The van der Waals surface area contributed by atoms with Gasteiger partial charge in [0.25, 0.3) is 0 Å². The number of alkyl halides is 3. The molecule has 13 heteroatoms. The maximum Gasteiger partial charge on any atom is 0.419 e. The molecule has 1 amide bonds. The third-order valence-electron chi connectivity index (χ3n) is 7.33. The van der Waals surface area contributed by atoms with Gasteiger partial charge in [0.1, 0.15) is 36.0 Å². The van der Waals surface area contributed by atoms with Crippen LogP contribution in [0.25, 0.3) is 10.9 Å². The van der Waals surface area contributed by atoms with E-state index in [9.17, 15) is 22.5 Å². The number of benzene rings is 2. The number of amides is 1. The Kier molecular flexibility index (Phi) is 7.89. The molecule has 1 saturated heterocycles. The van der Waals surface area contributed by atoms with Gasteiger partial charge in [-0.05, 0) is 46.2 Å². The Bertz CT molecular complexity index is 1560. The van der Waals surface area contributed by atoms with E-state index in [4.69, 9.17) is 9.47 Å². The van der Waals surface area contributed by atoms with E-state index in [1.807, 2.05) is 0 Å². The second-order valence-corrected chi connectivity index (χ2v) is 14.8. The Balaban J connectivity index is 1.51. The fourth-order valence-electron chi connectivity index (χ4n) is 5.23. The van der Waals surface area contributed by atoms with Gasteiger partial charge in [0.2, 0.25) is 0 Å². The average molecular weight is 609 g/mol. The molecule has 226 valence electrons. The molecule has 8 nitrogen and oxygen atoms in total. The fraction of sp³-hybridized carbons (Fsp3) is 0.483. The van der Waals surface area contributed by atoms with E-state index >= 15 is 4.39 Å². The Morgan fingerprint density at radius 3 is 2.52 bits per heavy atom. The number of ether oxygens (including phenoxy) is 2. The van der Waals surface area contributed by atoms with Crippen molar-refractivity contribution in [1.82, 2.24) is 14.9 Å². The largest absolute Gasteiger partial charge is 0.493 e. The number of nitrogens with one attached hydrogen (secondary N) is 1. The van der Waals surface area contributed by atoms with Gasteiger partial charge in [0.15, 0.2) is 0 Å². The molecular weight excluding hydrogens is 575 g/mol. The molecule has 2 aliphatic rings. The SMILES string of the molecule is C[C@H]1Nc2nc(nc3cc(F)c(P4(=O)CCN(C(=O)OC(C)(C)C)CC4)cc23)CCCOc2c1cccc2C(F)(F)F. The van der Waals surface area contributed by atoms with Gasteiger partial charge in [0.05, 0.1) is 23.7 Å². The van der Waals surface area contributed by atoms with E-state index < -0.39 is 42.4 Å². The lowest BCUT2D eigenvalue weighted by Crippen LogP contribution is -2.44. The lowest BCUT2D eigenvalue weighted by molar-refractivity contribution is -0.139. The first-order valence-electron chi connectivity index (χ1n) is 13.8. The number of carbonyl (C=O) groups excluding carboxylic acids is 1. The van der Waals surface area contributed by atoms with E-state index in [1.54, 1.807) is 33.8 Å². The molecule has 0 unspecified atom stereocenters. The number of rotatable bonds is 1. The Labute approximate surface area is 241 Å². The molecule has 0 saturated carbocycles. The summed E-state index contributed by atoms with van der Waals surface area (Å²) in [6.07, 6.45) is -4.31. The number of carbonyl (C=O) groups is 1. The summed E-state index contributed by atoms with van der Waals surface area (Å²) in [6.45, 7) is 7.28. The third-order valence-corrected chi connectivity index (χ3v) is 10.4. The minimum atomic E-state index is -4.60. The molecule has 42 heavy (non-hydrogen) atoms. The molecular formula is C29H33F4N4O4P. The minimum absolute atomic E-state index is 0.0142. The first-order chi connectivity index (χ1) is 19.6. The zero-order valence-corrected chi connectivity index (χ0v) is 24.7. The summed E-state index contributed by atoms with van der Waals surface area (Å²) in [6, 6.07) is 5.92. The van der Waals surface area contributed by atoms with Gasteiger partial charge in [-0.3, -0.25) is 0 Å². The molecule has 1 N–H and O–H groups in total. The van der Waals surface area contributed by atoms with Crippen molar-refractivity contribution in [2.24, 2.45) is 0 Å². The number of aryl methyl sites for hydroxylation is 1. The highest BCUT2D eigenvalue weighted by atomic mass is 31.2. The highest BCUT2D eigenvalue weighted by Gasteiger charge is 2.38. The predicted octanol–water partition coefficient (Wildman–Crippen LogP) is 6.52. The summed E-state index contributed by atoms with van der Waals surface area (Å²) >= 11 is 0. The summed E-state index contributed by atoms with van der Waals surface area (Å²) in [5, 5.41) is 3.63. The monoisotopic (exact) mass is 608 g/mol. The molecule has 0 spiro atoms. The molecule has 1 fully saturated rings. The third kappa shape index (κ3) is 6.19. The number of fused-ring (bicyclic) bond motifs is 5. The van der Waals surface area contributed by atoms with Crippen molar-refractivity contribution >= 4 is 35.3 Å². The fourth-order valence-corrected chi connectivity index (χ4v) is 7.88. The van der Waals surface area contributed by atoms with Crippen molar-refractivity contribution in [1.29, 1.82) is 0 Å². The summed E-state index contributed by atoms with van der Waals surface area (Å²) < 4.78 is 82.1. The van der Waals surface area contributed by atoms with Crippen molar-refractivity contribution in [3.63, 3.8) is 0 Å². The quantitative estimate of drug-likeness (QED) is 0.248. The molecule has 5 rings (SSSR count). The highest BCUT2D eigenvalue weighted by molar-refractivity contribution is 7.71. The van der Waals surface area contributed by atoms with Crippen LogP contribution in [0.2, 0.25) is 0 Å². The van der Waals surface area contributed by atoms with Crippen LogP contribution < -0.4 is 15.4 Å². The van der Waals surface area contributed by atoms with Crippen LogP contribution in [0.5, 0.6) is 5.75 Å². The molecule has 0 aliphatic carbocycles. The van der Waals surface area contributed by atoms with Gasteiger partial charge in [-0.25, -0.2) is 19.2 Å². The van der Waals surface area contributed by atoms with Gasteiger partial charge >= 0.3 is 12.3 Å². The van der Waals surface area contributed by atoms with Crippen LogP contribution in [0.15, 0.2) is 30.3 Å². The molecule has 1 aromatic heterocycles. The lowest BCUT2D eigenvalue weighted by atomic mass is 10.0. The number of halogens is 4. The smallest absolute Gasteiger partial charge is 0.419 e. The van der Waals surface area contributed by atoms with Crippen molar-refractivity contribution in [2.45, 2.75) is 58.4 Å². The first kappa shape index (κ1) is 30.1. The number of nitrogens with zero attached hydrogens (tertiary/aromatic N) is 3. The minimum Gasteiger partial charge on any atom is -0.493 e. The van der Waals surface area contributed by atoms with Crippen molar-refractivity contribution in [2.75, 3.05) is 37.3 Å². The maximum absolute atomic E-state index is 15.6. The summed E-state index contributed by atoms with van der Waals surface area (Å²) in [5.41, 5.74) is -0.956. The Hall–Kier alpha value is -3.40. The van der Waals surface area contributed by atoms with Crippen LogP contribution in [0.4, 0.5) is 28.2 Å². The number of hydrogen-bond acceptors (Lipinski definition) is 7. The predicted molar refractivity (Wildman–Crippen MR) is 152 cm³/mol. The van der Waals surface area contributed by atoms with Crippen LogP contribution in [-0.4, -0.2) is 58.6 Å². The van der Waals surface area contributed by atoms with Crippen molar-refractivity contribution < 1.29 is 36.4 Å². The number of para-hydroxylation sites is 1. The van der Waals surface area contributed by atoms with Crippen LogP contribution in [0.3, 0.4) is 0 Å². The zero-order chi connectivity index (χ0) is 30.4. The van der Waals surface area contributed by atoms with Crippen LogP contribution >= 0.6 is 7.14 Å². The van der Waals surface area contributed by atoms with Gasteiger partial charge in [-0.15, -0.1) is 0 Å². The highest BCUT2D eigenvalue weighted by Crippen LogP contribution is 2.48. The topological polar surface area (TPSA) is 93.7 Å². The van der Waals surface area contributed by atoms with Gasteiger partial charge < -0.3 is 24.3 Å². The van der Waals surface area contributed by atoms with E-state index in [-0.39, 0.29) is 43.1 Å². The van der Waals surface area contributed by atoms with Gasteiger partial charge in [0, 0.05) is 54.2 Å². The van der Waals surface area contributed by atoms with Gasteiger partial charge in [-0.2, -0.15) is 13.2 Å². The van der Waals surface area contributed by atoms with Gasteiger partial charge in [-0.1, -0.05) is 12.1 Å². The standard InChI is InChI=1S/C29H33F4N4O4P/c1-17-18-7-5-8-20(29(31,32)33)25(18)40-12-6-9-24-35-22-16-21(30)23(15-19(22)26(34-17)36-24)42(39)13-10-37(11-14-42)27(38)41-28(2,3)4/h5,7-8,15-17H,6,9-14H2,1-4H3,(H,34,35,36)/t17-/m1/s1. The molecule has 2 bridgehead atoms. The first-order valence-corrected chi connectivity index (χ1v) is 15.9. The number of anilines is 1. The van der Waals surface area contributed by atoms with E-state index in [2.05, 4.69) is 15.3 Å². The Morgan fingerprint density at radius 1 is 1.14 bits per heavy atom. The summed E-state index contributed by atoms with van der Waals surface area (Å²) in [7, 11) is -3.25. The van der Waals surface area contributed by atoms with E-state index in [0.29, 0.717) is 41.0 Å². The molecule has 2 aliphatic heterocycles. The summed E-state index contributed by atoms with van der Waals surface area (Å²) in [4.78, 5) is 23.1. The van der Waals surface area contributed by atoms with E-state index in [0.717, 1.165) is 6.07 Å². The molecule has 1 atom stereocenters. The van der Waals surface area contributed by atoms with Crippen LogP contribution in [-0.2, 0) is 21.9 Å². The molecule has 3 aromatic rings. The lowest BCUT2D eigenvalue weighted by Gasteiger charge is -2.34. The second-order valence-electron chi connectivity index (χ2n) is 11.7. The molecule has 3 heterocycles. The summed E-state index contributed by atoms with van der Waals surface area (Å²) in [5.74, 6) is -0.224.